The van der Waals surface area contributed by atoms with Crippen LogP contribution >= 0.6 is 0 Å². The lowest BCUT2D eigenvalue weighted by Crippen LogP contribution is -2.51. The van der Waals surface area contributed by atoms with Crippen molar-refractivity contribution < 1.29 is 14.7 Å². The molecule has 1 rings (SSSR count). The highest BCUT2D eigenvalue weighted by Crippen LogP contribution is 2.26. The minimum absolute atomic E-state index is 0.0382. The van der Waals surface area contributed by atoms with Crippen molar-refractivity contribution in [1.82, 2.24) is 10.6 Å². The molecule has 0 aromatic heterocycles. The lowest BCUT2D eigenvalue weighted by atomic mass is 9.84. The van der Waals surface area contributed by atoms with Gasteiger partial charge in [-0.1, -0.05) is 13.8 Å². The van der Waals surface area contributed by atoms with Crippen LogP contribution in [0, 0.1) is 11.3 Å². The van der Waals surface area contributed by atoms with E-state index in [2.05, 4.69) is 10.6 Å². The number of hydrogen-bond acceptors (Lipinski definition) is 3. The maximum absolute atomic E-state index is 11.5. The van der Waals surface area contributed by atoms with Gasteiger partial charge in [0.25, 0.3) is 0 Å². The van der Waals surface area contributed by atoms with Gasteiger partial charge in [0.15, 0.2) is 0 Å². The molecule has 1 fully saturated rings. The number of amides is 1. The van der Waals surface area contributed by atoms with Gasteiger partial charge < -0.3 is 15.7 Å². The van der Waals surface area contributed by atoms with Crippen LogP contribution in [0.4, 0.5) is 0 Å². The topological polar surface area (TPSA) is 78.4 Å². The first-order valence-electron chi connectivity index (χ1n) is 6.11. The van der Waals surface area contributed by atoms with Gasteiger partial charge in [-0.2, -0.15) is 0 Å². The number of nitrogens with one attached hydrogen (secondary N) is 2. The zero-order valence-electron chi connectivity index (χ0n) is 10.6. The number of hydrogen-bond donors (Lipinski definition) is 3. The summed E-state index contributed by atoms with van der Waals surface area (Å²) in [5.74, 6) is -0.530. The Kier molecular flexibility index (Phi) is 4.93. The Morgan fingerprint density at radius 3 is 2.47 bits per heavy atom. The molecule has 0 aliphatic carbocycles. The fourth-order valence-corrected chi connectivity index (χ4v) is 1.71. The average Bonchev–Trinajstić information content (AvgIpc) is 2.12. The maximum Gasteiger partial charge on any atom is 0.303 e. The summed E-state index contributed by atoms with van der Waals surface area (Å²) < 4.78 is 0. The minimum Gasteiger partial charge on any atom is -0.481 e. The normalized spacial score (nSPS) is 16.4. The number of carbonyl (C=O) groups is 2. The fourth-order valence-electron chi connectivity index (χ4n) is 1.71. The first kappa shape index (κ1) is 14.0. The van der Waals surface area contributed by atoms with Crippen LogP contribution in [0.2, 0.25) is 0 Å². The predicted molar refractivity (Wildman–Crippen MR) is 64.6 cm³/mol. The summed E-state index contributed by atoms with van der Waals surface area (Å²) in [6.45, 7) is 6.24. The molecule has 3 N–H and O–H groups in total. The Labute approximate surface area is 102 Å². The van der Waals surface area contributed by atoms with E-state index in [-0.39, 0.29) is 23.7 Å². The molecular formula is C12H22N2O3. The third-order valence-electron chi connectivity index (χ3n) is 3.27. The number of rotatable bonds is 7. The van der Waals surface area contributed by atoms with Gasteiger partial charge in [-0.3, -0.25) is 9.59 Å². The van der Waals surface area contributed by atoms with Crippen molar-refractivity contribution in [3.8, 4) is 0 Å². The molecule has 0 radical (unpaired) electrons. The van der Waals surface area contributed by atoms with Crippen molar-refractivity contribution in [1.29, 1.82) is 0 Å². The van der Waals surface area contributed by atoms with E-state index >= 15 is 0 Å². The molecule has 1 aliphatic heterocycles. The fraction of sp³-hybridized carbons (Fsp3) is 0.833. The summed E-state index contributed by atoms with van der Waals surface area (Å²) in [6, 6.07) is 0. The SMILES string of the molecule is CC(C)(CCNC(=O)C1CNC1)CCC(=O)O. The van der Waals surface area contributed by atoms with Crippen LogP contribution < -0.4 is 10.6 Å². The van der Waals surface area contributed by atoms with Gasteiger partial charge in [-0.25, -0.2) is 0 Å². The number of carbonyl (C=O) groups excluding carboxylic acids is 1. The van der Waals surface area contributed by atoms with Crippen molar-refractivity contribution in [3.63, 3.8) is 0 Å². The first-order chi connectivity index (χ1) is 7.91. The molecule has 0 unspecified atom stereocenters. The first-order valence-corrected chi connectivity index (χ1v) is 6.11. The monoisotopic (exact) mass is 242 g/mol. The quantitative estimate of drug-likeness (QED) is 0.611. The Balaban J connectivity index is 2.15. The molecule has 5 nitrogen and oxygen atoms in total. The summed E-state index contributed by atoms with van der Waals surface area (Å²) in [4.78, 5) is 22.0. The van der Waals surface area contributed by atoms with Crippen molar-refractivity contribution in [2.45, 2.75) is 33.1 Å². The van der Waals surface area contributed by atoms with Gasteiger partial charge in [0.2, 0.25) is 5.91 Å². The van der Waals surface area contributed by atoms with Gasteiger partial charge >= 0.3 is 5.97 Å². The van der Waals surface area contributed by atoms with Gasteiger partial charge in [0.05, 0.1) is 5.92 Å². The molecule has 1 heterocycles. The van der Waals surface area contributed by atoms with Crippen LogP contribution in [0.3, 0.4) is 0 Å². The molecular weight excluding hydrogens is 220 g/mol. The average molecular weight is 242 g/mol. The highest BCUT2D eigenvalue weighted by molar-refractivity contribution is 5.79. The third kappa shape index (κ3) is 5.17. The van der Waals surface area contributed by atoms with Crippen molar-refractivity contribution >= 4 is 11.9 Å². The second-order valence-electron chi connectivity index (χ2n) is 5.45. The Morgan fingerprint density at radius 2 is 2.00 bits per heavy atom. The second-order valence-corrected chi connectivity index (χ2v) is 5.45. The summed E-state index contributed by atoms with van der Waals surface area (Å²) in [6.07, 6.45) is 1.64. The van der Waals surface area contributed by atoms with Gasteiger partial charge in [0, 0.05) is 26.1 Å². The lowest BCUT2D eigenvalue weighted by molar-refractivity contribution is -0.137. The van der Waals surface area contributed by atoms with E-state index in [0.29, 0.717) is 13.0 Å². The van der Waals surface area contributed by atoms with E-state index in [0.717, 1.165) is 19.5 Å². The van der Waals surface area contributed by atoms with Crippen molar-refractivity contribution in [2.24, 2.45) is 11.3 Å². The highest BCUT2D eigenvalue weighted by Gasteiger charge is 2.25. The third-order valence-corrected chi connectivity index (χ3v) is 3.27. The second kappa shape index (κ2) is 6.00. The Morgan fingerprint density at radius 1 is 1.35 bits per heavy atom. The predicted octanol–water partition coefficient (Wildman–Crippen LogP) is 0.603. The summed E-state index contributed by atoms with van der Waals surface area (Å²) in [7, 11) is 0. The lowest BCUT2D eigenvalue weighted by Gasteiger charge is -2.27. The summed E-state index contributed by atoms with van der Waals surface area (Å²) >= 11 is 0. The molecule has 98 valence electrons. The van der Waals surface area contributed by atoms with E-state index in [1.54, 1.807) is 0 Å². The summed E-state index contributed by atoms with van der Waals surface area (Å²) in [5.41, 5.74) is -0.0382. The molecule has 0 bridgehead atoms. The van der Waals surface area contributed by atoms with Crippen molar-refractivity contribution in [2.75, 3.05) is 19.6 Å². The zero-order chi connectivity index (χ0) is 12.9. The van der Waals surface area contributed by atoms with Gasteiger partial charge in [-0.15, -0.1) is 0 Å². The molecule has 5 heteroatoms. The molecule has 1 aliphatic rings. The molecule has 17 heavy (non-hydrogen) atoms. The minimum atomic E-state index is -0.761. The van der Waals surface area contributed by atoms with E-state index < -0.39 is 5.97 Å². The maximum atomic E-state index is 11.5. The molecule has 1 saturated heterocycles. The molecule has 0 aromatic rings. The van der Waals surface area contributed by atoms with Crippen LogP contribution in [0.25, 0.3) is 0 Å². The Bertz CT molecular complexity index is 285. The van der Waals surface area contributed by atoms with Gasteiger partial charge in [0.1, 0.15) is 0 Å². The van der Waals surface area contributed by atoms with Gasteiger partial charge in [-0.05, 0) is 18.3 Å². The van der Waals surface area contributed by atoms with E-state index in [4.69, 9.17) is 5.11 Å². The molecule has 0 atom stereocenters. The van der Waals surface area contributed by atoms with Crippen LogP contribution in [0.1, 0.15) is 33.1 Å². The van der Waals surface area contributed by atoms with E-state index in [9.17, 15) is 9.59 Å². The van der Waals surface area contributed by atoms with Crippen LogP contribution in [0.5, 0.6) is 0 Å². The smallest absolute Gasteiger partial charge is 0.303 e. The standard InChI is InChI=1S/C12H22N2O3/c1-12(2,4-3-10(15)16)5-6-14-11(17)9-7-13-8-9/h9,13H,3-8H2,1-2H3,(H,14,17)(H,15,16). The molecule has 0 saturated carbocycles. The van der Waals surface area contributed by atoms with Crippen LogP contribution in [0.15, 0.2) is 0 Å². The number of carboxylic acid groups (broad SMARTS) is 1. The largest absolute Gasteiger partial charge is 0.481 e. The zero-order valence-corrected chi connectivity index (χ0v) is 10.6. The highest BCUT2D eigenvalue weighted by atomic mass is 16.4. The van der Waals surface area contributed by atoms with E-state index in [1.807, 2.05) is 13.8 Å². The van der Waals surface area contributed by atoms with E-state index in [1.165, 1.54) is 0 Å². The Hall–Kier alpha value is -1.10. The van der Waals surface area contributed by atoms with Crippen LogP contribution in [-0.2, 0) is 9.59 Å². The van der Waals surface area contributed by atoms with Crippen LogP contribution in [-0.4, -0.2) is 36.6 Å². The number of carboxylic acids is 1. The number of aliphatic carboxylic acids is 1. The molecule has 0 spiro atoms. The summed E-state index contributed by atoms with van der Waals surface area (Å²) in [5, 5.41) is 14.6. The molecule has 0 aromatic carbocycles. The van der Waals surface area contributed by atoms with Crippen molar-refractivity contribution in [3.05, 3.63) is 0 Å². The molecule has 1 amide bonds.